The number of rotatable bonds is 2. The summed E-state index contributed by atoms with van der Waals surface area (Å²) in [6, 6.07) is 3.97. The molecule has 3 aliphatic heterocycles. The van der Waals surface area contributed by atoms with Crippen molar-refractivity contribution in [1.82, 2.24) is 9.80 Å². The summed E-state index contributed by atoms with van der Waals surface area (Å²) in [5.74, 6) is 0.732. The molecule has 0 unspecified atom stereocenters. The number of fused-ring (bicyclic) bond motifs is 7. The molecule has 0 aromatic heterocycles. The molecule has 0 aliphatic carbocycles. The third-order valence-corrected chi connectivity index (χ3v) is 9.17. The Morgan fingerprint density at radius 2 is 1.71 bits per heavy atom. The Labute approximate surface area is 202 Å². The van der Waals surface area contributed by atoms with Gasteiger partial charge in [-0.15, -0.1) is 0 Å². The molecule has 3 heterocycles. The Morgan fingerprint density at radius 1 is 1.03 bits per heavy atom. The lowest BCUT2D eigenvalue weighted by Crippen LogP contribution is -2.68. The van der Waals surface area contributed by atoms with Crippen molar-refractivity contribution in [3.05, 3.63) is 56.1 Å². The molecule has 2 aromatic rings. The first-order valence-electron chi connectivity index (χ1n) is 12.2. The van der Waals surface area contributed by atoms with E-state index in [0.717, 1.165) is 23.1 Å². The molecule has 2 N–H and O–H groups in total. The van der Waals surface area contributed by atoms with Gasteiger partial charge in [-0.25, -0.2) is 0 Å². The predicted molar refractivity (Wildman–Crippen MR) is 131 cm³/mol. The van der Waals surface area contributed by atoms with Crippen LogP contribution in [0, 0.1) is 45.9 Å². The minimum Gasteiger partial charge on any atom is -0.504 e. The van der Waals surface area contributed by atoms with E-state index in [2.05, 4.69) is 56.7 Å². The van der Waals surface area contributed by atoms with Crippen molar-refractivity contribution in [2.75, 3.05) is 20.8 Å². The number of methoxy groups -OCH3 is 1. The smallest absolute Gasteiger partial charge is 0.163 e. The van der Waals surface area contributed by atoms with Gasteiger partial charge in [-0.05, 0) is 99.0 Å². The first-order valence-corrected chi connectivity index (χ1v) is 12.2. The summed E-state index contributed by atoms with van der Waals surface area (Å²) < 4.78 is 5.58. The number of ether oxygens (including phenoxy) is 1. The summed E-state index contributed by atoms with van der Waals surface area (Å²) in [5.41, 5.74) is 10.4. The molecule has 5 atom stereocenters. The van der Waals surface area contributed by atoms with Crippen molar-refractivity contribution in [2.45, 2.75) is 77.7 Å². The number of aliphatic hydroxyl groups excluding tert-OH is 1. The molecular weight excluding hydrogens is 426 g/mol. The average molecular weight is 462 g/mol. The van der Waals surface area contributed by atoms with Gasteiger partial charge in [-0.3, -0.25) is 9.80 Å². The summed E-state index contributed by atoms with van der Waals surface area (Å²) in [6.45, 7) is 10.6. The van der Waals surface area contributed by atoms with E-state index in [-0.39, 0.29) is 42.6 Å². The highest BCUT2D eigenvalue weighted by atomic mass is 16.5. The van der Waals surface area contributed by atoms with Crippen molar-refractivity contribution < 1.29 is 14.9 Å². The van der Waals surface area contributed by atoms with Crippen molar-refractivity contribution >= 4 is 0 Å². The summed E-state index contributed by atoms with van der Waals surface area (Å²) in [4.78, 5) is 4.56. The van der Waals surface area contributed by atoms with Gasteiger partial charge in [0.2, 0.25) is 0 Å². The lowest BCUT2D eigenvalue weighted by Gasteiger charge is -2.60. The minimum atomic E-state index is -0.351. The van der Waals surface area contributed by atoms with Crippen LogP contribution in [0.15, 0.2) is 6.07 Å². The predicted octanol–water partition coefficient (Wildman–Crippen LogP) is 3.71. The lowest BCUT2D eigenvalue weighted by molar-refractivity contribution is -0.0820. The van der Waals surface area contributed by atoms with Crippen molar-refractivity contribution in [2.24, 2.45) is 0 Å². The Bertz CT molecular complexity index is 1230. The van der Waals surface area contributed by atoms with Gasteiger partial charge in [0.05, 0.1) is 31.9 Å². The van der Waals surface area contributed by atoms with E-state index in [1.165, 1.54) is 33.4 Å². The molecule has 2 bridgehead atoms. The zero-order valence-corrected chi connectivity index (χ0v) is 21.2. The fourth-order valence-corrected chi connectivity index (χ4v) is 7.24. The maximum Gasteiger partial charge on any atom is 0.163 e. The van der Waals surface area contributed by atoms with E-state index in [9.17, 15) is 15.5 Å². The van der Waals surface area contributed by atoms with Crippen LogP contribution in [0.3, 0.4) is 0 Å². The maximum atomic E-state index is 11.4. The molecule has 0 radical (unpaired) electrons. The third-order valence-electron chi connectivity index (χ3n) is 9.17. The van der Waals surface area contributed by atoms with Gasteiger partial charge >= 0.3 is 0 Å². The number of hydrogen-bond donors (Lipinski definition) is 2. The molecule has 0 saturated carbocycles. The second-order valence-corrected chi connectivity index (χ2v) is 10.4. The summed E-state index contributed by atoms with van der Waals surface area (Å²) >= 11 is 0. The van der Waals surface area contributed by atoms with E-state index in [4.69, 9.17) is 4.74 Å². The standard InChI is InChI=1S/C28H35N3O3/c1-13-8-18-9-20-22(11-29)31-21(26(30(20)6)25(18)27(33)28(13)34-7)10-19-16(4)14(2)15(3)17(5)24(19)23(31)12-32/h8,20-23,26,32-33H,9-10,12H2,1-7H3/t20-,21-,22-,23-,26-/m0/s1. The van der Waals surface area contributed by atoms with Crippen LogP contribution in [0.1, 0.15) is 62.2 Å². The summed E-state index contributed by atoms with van der Waals surface area (Å²) in [5, 5.41) is 32.5. The second kappa shape index (κ2) is 7.98. The second-order valence-electron chi connectivity index (χ2n) is 10.4. The highest BCUT2D eigenvalue weighted by Crippen LogP contribution is 2.54. The van der Waals surface area contributed by atoms with Crippen molar-refractivity contribution in [3.8, 4) is 17.6 Å². The Kier molecular flexibility index (Phi) is 5.44. The number of nitriles is 1. The van der Waals surface area contributed by atoms with Crippen LogP contribution in [0.4, 0.5) is 0 Å². The number of aliphatic hydroxyl groups is 1. The monoisotopic (exact) mass is 461 g/mol. The fraction of sp³-hybridized carbons (Fsp3) is 0.536. The number of piperazine rings is 1. The topological polar surface area (TPSA) is 80.0 Å². The molecule has 6 heteroatoms. The number of likely N-dealkylation sites (N-methyl/N-ethyl adjacent to an activating group) is 1. The van der Waals surface area contributed by atoms with Crippen LogP contribution in [0.2, 0.25) is 0 Å². The molecule has 180 valence electrons. The first-order chi connectivity index (χ1) is 16.2. The molecule has 3 aliphatic rings. The largest absolute Gasteiger partial charge is 0.504 e. The van der Waals surface area contributed by atoms with Gasteiger partial charge in [0.1, 0.15) is 6.04 Å². The highest BCUT2D eigenvalue weighted by Gasteiger charge is 2.55. The number of benzene rings is 2. The number of phenols is 1. The lowest BCUT2D eigenvalue weighted by atomic mass is 9.70. The van der Waals surface area contributed by atoms with Crippen LogP contribution in [-0.2, 0) is 12.8 Å². The normalized spacial score (nSPS) is 28.0. The molecule has 1 fully saturated rings. The van der Waals surface area contributed by atoms with Gasteiger partial charge in [0, 0.05) is 17.6 Å². The van der Waals surface area contributed by atoms with E-state index in [1.807, 2.05) is 6.92 Å². The molecule has 1 saturated heterocycles. The Hall–Kier alpha value is -2.59. The molecule has 34 heavy (non-hydrogen) atoms. The van der Waals surface area contributed by atoms with Gasteiger partial charge in [0.25, 0.3) is 0 Å². The number of phenolic OH excluding ortho intramolecular Hbond substituents is 1. The number of hydrogen-bond acceptors (Lipinski definition) is 6. The summed E-state index contributed by atoms with van der Waals surface area (Å²) in [6.07, 6.45) is 1.45. The molecule has 5 rings (SSSR count). The fourth-order valence-electron chi connectivity index (χ4n) is 7.24. The first kappa shape index (κ1) is 23.2. The van der Waals surface area contributed by atoms with E-state index >= 15 is 0 Å². The van der Waals surface area contributed by atoms with Crippen LogP contribution < -0.4 is 4.74 Å². The van der Waals surface area contributed by atoms with Gasteiger partial charge in [-0.2, -0.15) is 5.26 Å². The average Bonchev–Trinajstić information content (AvgIpc) is 2.81. The van der Waals surface area contributed by atoms with Crippen LogP contribution >= 0.6 is 0 Å². The molecule has 0 spiro atoms. The SMILES string of the molecule is COc1c(C)cc2c(c1O)[C@@H]1[C@@H]3Cc4c(C)c(C)c(C)c(C)c4[C@H](CO)N3[C@@H](C#N)[C@H](C2)N1C. The Morgan fingerprint density at radius 3 is 2.32 bits per heavy atom. The zero-order valence-electron chi connectivity index (χ0n) is 21.2. The minimum absolute atomic E-state index is 0.0190. The number of aromatic hydroxyl groups is 1. The quantitative estimate of drug-likeness (QED) is 0.710. The third kappa shape index (κ3) is 2.84. The van der Waals surface area contributed by atoms with Crippen LogP contribution in [-0.4, -0.2) is 58.9 Å². The van der Waals surface area contributed by atoms with Crippen LogP contribution in [0.5, 0.6) is 11.5 Å². The van der Waals surface area contributed by atoms with Crippen molar-refractivity contribution in [1.29, 1.82) is 5.26 Å². The van der Waals surface area contributed by atoms with E-state index in [0.29, 0.717) is 12.2 Å². The van der Waals surface area contributed by atoms with Gasteiger partial charge < -0.3 is 14.9 Å². The number of aryl methyl sites for hydroxylation is 1. The van der Waals surface area contributed by atoms with Gasteiger partial charge in [0.15, 0.2) is 11.5 Å². The highest BCUT2D eigenvalue weighted by molar-refractivity contribution is 5.59. The van der Waals surface area contributed by atoms with Crippen LogP contribution in [0.25, 0.3) is 0 Å². The molecule has 0 amide bonds. The van der Waals surface area contributed by atoms with E-state index < -0.39 is 0 Å². The molecule has 6 nitrogen and oxygen atoms in total. The maximum absolute atomic E-state index is 11.4. The zero-order chi connectivity index (χ0) is 24.6. The number of nitrogens with zero attached hydrogens (tertiary/aromatic N) is 3. The Balaban J connectivity index is 1.79. The van der Waals surface area contributed by atoms with Crippen molar-refractivity contribution in [3.63, 3.8) is 0 Å². The summed E-state index contributed by atoms with van der Waals surface area (Å²) in [7, 11) is 3.67. The molecular formula is C28H35N3O3. The molecule has 2 aromatic carbocycles. The van der Waals surface area contributed by atoms with Gasteiger partial charge in [-0.1, -0.05) is 6.07 Å². The van der Waals surface area contributed by atoms with E-state index in [1.54, 1.807) is 7.11 Å².